The van der Waals surface area contributed by atoms with Crippen molar-refractivity contribution in [2.75, 3.05) is 13.1 Å². The van der Waals surface area contributed by atoms with E-state index in [1.54, 1.807) is 4.90 Å². The van der Waals surface area contributed by atoms with Crippen LogP contribution in [0.2, 0.25) is 0 Å². The molecule has 118 valence electrons. The van der Waals surface area contributed by atoms with Gasteiger partial charge in [0.05, 0.1) is 0 Å². The fourth-order valence-corrected chi connectivity index (χ4v) is 1.97. The summed E-state index contributed by atoms with van der Waals surface area (Å²) in [6.07, 6.45) is 3.89. The van der Waals surface area contributed by atoms with Gasteiger partial charge in [0.2, 0.25) is 0 Å². The van der Waals surface area contributed by atoms with Crippen LogP contribution in [-0.4, -0.2) is 41.1 Å². The number of unbranched alkanes of at least 4 members (excludes halogenated alkanes) is 1. The van der Waals surface area contributed by atoms with E-state index in [1.165, 1.54) is 6.42 Å². The molecule has 2 N–H and O–H groups in total. The Bertz CT molecular complexity index is 291. The number of rotatable bonds is 10. The highest BCUT2D eigenvalue weighted by Crippen LogP contribution is 2.06. The normalized spacial score (nSPS) is 10.9. The van der Waals surface area contributed by atoms with Crippen LogP contribution in [0.4, 0.5) is 4.79 Å². The maximum absolute atomic E-state index is 12.0. The van der Waals surface area contributed by atoms with Crippen molar-refractivity contribution in [3.05, 3.63) is 0 Å². The Labute approximate surface area is 122 Å². The van der Waals surface area contributed by atoms with E-state index in [0.29, 0.717) is 25.4 Å². The predicted molar refractivity (Wildman–Crippen MR) is 80.8 cm³/mol. The number of nitrogens with zero attached hydrogens (tertiary/aromatic N) is 1. The van der Waals surface area contributed by atoms with Crippen LogP contribution in [-0.2, 0) is 4.79 Å². The smallest absolute Gasteiger partial charge is 0.317 e. The van der Waals surface area contributed by atoms with Crippen molar-refractivity contribution in [3.8, 4) is 0 Å². The number of carboxylic acids is 1. The third kappa shape index (κ3) is 9.64. The van der Waals surface area contributed by atoms with Gasteiger partial charge in [-0.15, -0.1) is 0 Å². The van der Waals surface area contributed by atoms with Gasteiger partial charge in [-0.25, -0.2) is 4.79 Å². The van der Waals surface area contributed by atoms with Gasteiger partial charge in [-0.1, -0.05) is 26.7 Å². The summed E-state index contributed by atoms with van der Waals surface area (Å²) in [5, 5.41) is 11.5. The molecule has 0 radical (unpaired) electrons. The van der Waals surface area contributed by atoms with Crippen LogP contribution in [0, 0.1) is 5.92 Å². The fraction of sp³-hybridized carbons (Fsp3) is 0.867. The monoisotopic (exact) mass is 286 g/mol. The number of hydrogen-bond donors (Lipinski definition) is 2. The predicted octanol–water partition coefficient (Wildman–Crippen LogP) is 3.10. The highest BCUT2D eigenvalue weighted by atomic mass is 16.4. The van der Waals surface area contributed by atoms with E-state index in [2.05, 4.69) is 19.2 Å². The van der Waals surface area contributed by atoms with Crippen LogP contribution in [0.3, 0.4) is 0 Å². The third-order valence-electron chi connectivity index (χ3n) is 3.16. The Morgan fingerprint density at radius 3 is 2.25 bits per heavy atom. The minimum Gasteiger partial charge on any atom is -0.481 e. The zero-order valence-corrected chi connectivity index (χ0v) is 13.3. The number of nitrogens with one attached hydrogen (secondary N) is 1. The van der Waals surface area contributed by atoms with Gasteiger partial charge >= 0.3 is 12.0 Å². The van der Waals surface area contributed by atoms with Crippen LogP contribution >= 0.6 is 0 Å². The molecular formula is C15H30N2O3. The number of hydrogen-bond acceptors (Lipinski definition) is 2. The number of amides is 2. The summed E-state index contributed by atoms with van der Waals surface area (Å²) >= 11 is 0. The molecule has 0 unspecified atom stereocenters. The Hall–Kier alpha value is -1.26. The molecular weight excluding hydrogens is 256 g/mol. The summed E-state index contributed by atoms with van der Waals surface area (Å²) in [5.74, 6) is -0.114. The lowest BCUT2D eigenvalue weighted by Crippen LogP contribution is -2.44. The summed E-state index contributed by atoms with van der Waals surface area (Å²) in [4.78, 5) is 24.2. The van der Waals surface area contributed by atoms with Gasteiger partial charge in [-0.2, -0.15) is 0 Å². The first-order chi connectivity index (χ1) is 9.34. The van der Waals surface area contributed by atoms with E-state index in [4.69, 9.17) is 5.11 Å². The van der Waals surface area contributed by atoms with Crippen molar-refractivity contribution in [1.82, 2.24) is 10.2 Å². The maximum Gasteiger partial charge on any atom is 0.317 e. The van der Waals surface area contributed by atoms with Crippen molar-refractivity contribution in [3.63, 3.8) is 0 Å². The molecule has 0 bridgehead atoms. The van der Waals surface area contributed by atoms with Gasteiger partial charge in [-0.3, -0.25) is 4.79 Å². The molecule has 0 aromatic heterocycles. The molecule has 0 rings (SSSR count). The largest absolute Gasteiger partial charge is 0.481 e. The summed E-state index contributed by atoms with van der Waals surface area (Å²) in [6.45, 7) is 9.46. The molecule has 0 heterocycles. The Morgan fingerprint density at radius 1 is 1.10 bits per heavy atom. The topological polar surface area (TPSA) is 69.6 Å². The van der Waals surface area contributed by atoms with Crippen molar-refractivity contribution >= 4 is 12.0 Å². The average molecular weight is 286 g/mol. The molecule has 0 aliphatic heterocycles. The van der Waals surface area contributed by atoms with Gasteiger partial charge in [0.15, 0.2) is 0 Å². The molecule has 2 amide bonds. The first-order valence-electron chi connectivity index (χ1n) is 7.60. The van der Waals surface area contributed by atoms with Crippen molar-refractivity contribution < 1.29 is 14.7 Å². The lowest BCUT2D eigenvalue weighted by atomic mass is 10.1. The second kappa shape index (κ2) is 10.5. The highest BCUT2D eigenvalue weighted by Gasteiger charge is 2.16. The van der Waals surface area contributed by atoms with Crippen LogP contribution in [0.15, 0.2) is 0 Å². The second-order valence-corrected chi connectivity index (χ2v) is 5.91. The molecule has 0 spiro atoms. The molecule has 20 heavy (non-hydrogen) atoms. The zero-order valence-electron chi connectivity index (χ0n) is 13.3. The summed E-state index contributed by atoms with van der Waals surface area (Å²) in [5.41, 5.74) is 0. The first-order valence-corrected chi connectivity index (χ1v) is 7.60. The van der Waals surface area contributed by atoms with Crippen molar-refractivity contribution in [2.24, 2.45) is 5.92 Å². The number of carbonyl (C=O) groups excluding carboxylic acids is 1. The minimum absolute atomic E-state index is 0.0828. The number of carbonyl (C=O) groups is 2. The van der Waals surface area contributed by atoms with Gasteiger partial charge in [-0.05, 0) is 32.6 Å². The summed E-state index contributed by atoms with van der Waals surface area (Å²) < 4.78 is 0. The Kier molecular flexibility index (Phi) is 9.86. The lowest BCUT2D eigenvalue weighted by Gasteiger charge is -2.26. The van der Waals surface area contributed by atoms with Gasteiger partial charge < -0.3 is 15.3 Å². The van der Waals surface area contributed by atoms with E-state index in [1.807, 2.05) is 13.8 Å². The van der Waals surface area contributed by atoms with E-state index in [0.717, 1.165) is 12.8 Å². The van der Waals surface area contributed by atoms with E-state index >= 15 is 0 Å². The zero-order chi connectivity index (χ0) is 15.5. The SMILES string of the molecule is CC(C)CCCCNC(=O)N(CCCC(=O)O)C(C)C. The van der Waals surface area contributed by atoms with E-state index in [9.17, 15) is 9.59 Å². The minimum atomic E-state index is -0.817. The van der Waals surface area contributed by atoms with E-state index < -0.39 is 5.97 Å². The second-order valence-electron chi connectivity index (χ2n) is 5.91. The standard InChI is InChI=1S/C15H30N2O3/c1-12(2)8-5-6-10-16-15(20)17(13(3)4)11-7-9-14(18)19/h12-13H,5-11H2,1-4H3,(H,16,20)(H,18,19). The molecule has 0 saturated heterocycles. The van der Waals surface area contributed by atoms with Crippen molar-refractivity contribution in [1.29, 1.82) is 0 Å². The van der Waals surface area contributed by atoms with Crippen LogP contribution in [0.25, 0.3) is 0 Å². The lowest BCUT2D eigenvalue weighted by molar-refractivity contribution is -0.137. The molecule has 0 aliphatic carbocycles. The van der Waals surface area contributed by atoms with Crippen LogP contribution < -0.4 is 5.32 Å². The van der Waals surface area contributed by atoms with Gasteiger partial charge in [0.1, 0.15) is 0 Å². The first kappa shape index (κ1) is 18.7. The summed E-state index contributed by atoms with van der Waals surface area (Å²) in [6, 6.07) is -0.00519. The molecule has 5 heteroatoms. The molecule has 0 saturated carbocycles. The van der Waals surface area contributed by atoms with Crippen LogP contribution in [0.5, 0.6) is 0 Å². The maximum atomic E-state index is 12.0. The Balaban J connectivity index is 3.94. The van der Waals surface area contributed by atoms with E-state index in [-0.39, 0.29) is 18.5 Å². The molecule has 0 aromatic rings. The quantitative estimate of drug-likeness (QED) is 0.606. The molecule has 0 fully saturated rings. The number of aliphatic carboxylic acids is 1. The number of urea groups is 1. The third-order valence-corrected chi connectivity index (χ3v) is 3.16. The molecule has 5 nitrogen and oxygen atoms in total. The Morgan fingerprint density at radius 2 is 1.75 bits per heavy atom. The number of carboxylic acid groups (broad SMARTS) is 1. The van der Waals surface area contributed by atoms with Crippen molar-refractivity contribution in [2.45, 2.75) is 65.8 Å². The molecule has 0 aromatic carbocycles. The summed E-state index contributed by atoms with van der Waals surface area (Å²) in [7, 11) is 0. The fourth-order valence-electron chi connectivity index (χ4n) is 1.97. The van der Waals surface area contributed by atoms with Gasteiger partial charge in [0.25, 0.3) is 0 Å². The van der Waals surface area contributed by atoms with Gasteiger partial charge in [0, 0.05) is 25.6 Å². The molecule has 0 atom stereocenters. The molecule has 0 aliphatic rings. The highest BCUT2D eigenvalue weighted by molar-refractivity contribution is 5.74. The average Bonchev–Trinajstić information content (AvgIpc) is 2.32. The van der Waals surface area contributed by atoms with Crippen LogP contribution in [0.1, 0.15) is 59.8 Å².